The monoisotopic (exact) mass is 529 g/mol. The Labute approximate surface area is 224 Å². The fourth-order valence-corrected chi connectivity index (χ4v) is 7.05. The number of benzene rings is 2. The second kappa shape index (κ2) is 8.10. The van der Waals surface area contributed by atoms with Gasteiger partial charge in [0.15, 0.2) is 0 Å². The van der Waals surface area contributed by atoms with E-state index in [-0.39, 0.29) is 11.0 Å². The van der Waals surface area contributed by atoms with Crippen molar-refractivity contribution in [3.05, 3.63) is 81.2 Å². The van der Waals surface area contributed by atoms with E-state index in [0.717, 1.165) is 42.9 Å². The first kappa shape index (κ1) is 24.5. The van der Waals surface area contributed by atoms with E-state index in [4.69, 9.17) is 9.47 Å². The number of barbiturate groups is 1. The van der Waals surface area contributed by atoms with Crippen molar-refractivity contribution in [2.75, 3.05) is 33.2 Å². The summed E-state index contributed by atoms with van der Waals surface area (Å²) in [6.45, 7) is 4.43. The molecule has 0 N–H and O–H groups in total. The third-order valence-corrected chi connectivity index (χ3v) is 8.97. The van der Waals surface area contributed by atoms with Crippen molar-refractivity contribution < 1.29 is 23.9 Å². The number of fused-ring (bicyclic) bond motifs is 4. The molecule has 0 saturated carbocycles. The van der Waals surface area contributed by atoms with Gasteiger partial charge in [-0.15, -0.1) is 11.3 Å². The van der Waals surface area contributed by atoms with E-state index in [2.05, 4.69) is 36.9 Å². The molecule has 3 aromatic rings. The lowest BCUT2D eigenvalue weighted by atomic mass is 9.71. The van der Waals surface area contributed by atoms with E-state index in [9.17, 15) is 14.4 Å². The summed E-state index contributed by atoms with van der Waals surface area (Å²) in [5.41, 5.74) is 5.68. The standard InChI is InChI=1S/C29H27N3O5S/c1-28(2)18-10-7-8-13-22(18)32-23-19(28)11-9-12-20(23)29(36-5,37-6)21-15-16(38-26(21)32)14-17-24(33)30(3)27(35)31(4)25(17)34/h7-15H,1-6H3. The molecule has 1 fully saturated rings. The molecule has 6 rings (SSSR count). The molecule has 3 aliphatic rings. The predicted molar refractivity (Wildman–Crippen MR) is 145 cm³/mol. The van der Waals surface area contributed by atoms with Gasteiger partial charge in [-0.3, -0.25) is 19.4 Å². The summed E-state index contributed by atoms with van der Waals surface area (Å²) in [5, 5.41) is 0.872. The van der Waals surface area contributed by atoms with Gasteiger partial charge in [-0.2, -0.15) is 0 Å². The van der Waals surface area contributed by atoms with Crippen LogP contribution in [0.5, 0.6) is 0 Å². The minimum absolute atomic E-state index is 0.0768. The summed E-state index contributed by atoms with van der Waals surface area (Å²) in [6.07, 6.45) is 1.55. The minimum atomic E-state index is -1.20. The highest BCUT2D eigenvalue weighted by Crippen LogP contribution is 2.62. The van der Waals surface area contributed by atoms with Crippen LogP contribution in [0.1, 0.15) is 41.0 Å². The number of carbonyl (C=O) groups is 3. The Balaban J connectivity index is 1.63. The Morgan fingerprint density at radius 2 is 1.42 bits per heavy atom. The molecule has 194 valence electrons. The van der Waals surface area contributed by atoms with Crippen LogP contribution in [0, 0.1) is 0 Å². The van der Waals surface area contributed by atoms with Crippen LogP contribution in [0.15, 0.2) is 54.1 Å². The van der Waals surface area contributed by atoms with E-state index >= 15 is 0 Å². The number of hydrogen-bond acceptors (Lipinski definition) is 7. The highest BCUT2D eigenvalue weighted by atomic mass is 32.1. The highest BCUT2D eigenvalue weighted by Gasteiger charge is 2.51. The van der Waals surface area contributed by atoms with Crippen LogP contribution in [0.3, 0.4) is 0 Å². The first-order valence-corrected chi connectivity index (χ1v) is 13.0. The van der Waals surface area contributed by atoms with Gasteiger partial charge in [0.05, 0.1) is 16.9 Å². The van der Waals surface area contributed by atoms with Gasteiger partial charge in [-0.05, 0) is 29.3 Å². The zero-order valence-electron chi connectivity index (χ0n) is 22.0. The SMILES string of the molecule is COC1(OC)c2cc(C=C3C(=O)N(C)C(=O)N(C)C3=O)sc2N2c3ccccc3C(C)(C)c3cccc1c32. The molecule has 0 unspecified atom stereocenters. The quantitative estimate of drug-likeness (QED) is 0.267. The molecular formula is C29H27N3O5S. The maximum absolute atomic E-state index is 12.9. The Hall–Kier alpha value is -3.79. The highest BCUT2D eigenvalue weighted by molar-refractivity contribution is 7.17. The molecule has 0 atom stereocenters. The molecule has 0 spiro atoms. The number of anilines is 3. The fourth-order valence-electron chi connectivity index (χ4n) is 5.89. The van der Waals surface area contributed by atoms with Crippen molar-refractivity contribution in [1.82, 2.24) is 9.80 Å². The van der Waals surface area contributed by atoms with Crippen LogP contribution >= 0.6 is 11.3 Å². The van der Waals surface area contributed by atoms with E-state index in [1.807, 2.05) is 30.3 Å². The fraction of sp³-hybridized carbons (Fsp3) is 0.276. The van der Waals surface area contributed by atoms with E-state index in [1.165, 1.54) is 31.0 Å². The van der Waals surface area contributed by atoms with Crippen molar-refractivity contribution in [3.8, 4) is 0 Å². The Morgan fingerprint density at radius 3 is 2.08 bits per heavy atom. The summed E-state index contributed by atoms with van der Waals surface area (Å²) >= 11 is 1.44. The number of ether oxygens (including phenoxy) is 2. The van der Waals surface area contributed by atoms with Gasteiger partial charge in [0.25, 0.3) is 11.8 Å². The molecule has 3 aliphatic heterocycles. The van der Waals surface area contributed by atoms with Crippen LogP contribution in [-0.4, -0.2) is 56.0 Å². The molecule has 2 aromatic carbocycles. The number of amides is 4. The molecule has 1 saturated heterocycles. The summed E-state index contributed by atoms with van der Waals surface area (Å²) in [4.78, 5) is 42.8. The number of likely N-dealkylation sites (N-methyl/N-ethyl adjacent to an activating group) is 2. The first-order valence-electron chi connectivity index (χ1n) is 12.2. The summed E-state index contributed by atoms with van der Waals surface area (Å²) in [7, 11) is 5.96. The van der Waals surface area contributed by atoms with Crippen molar-refractivity contribution in [3.63, 3.8) is 0 Å². The zero-order chi connectivity index (χ0) is 27.1. The largest absolute Gasteiger partial charge is 0.345 e. The molecular weight excluding hydrogens is 502 g/mol. The van der Waals surface area contributed by atoms with Crippen LogP contribution < -0.4 is 4.90 Å². The van der Waals surface area contributed by atoms with Gasteiger partial charge in [0, 0.05) is 44.2 Å². The van der Waals surface area contributed by atoms with Gasteiger partial charge in [-0.25, -0.2) is 4.79 Å². The summed E-state index contributed by atoms with van der Waals surface area (Å²) in [5.74, 6) is -2.47. The lowest BCUT2D eigenvalue weighted by molar-refractivity contribution is -0.183. The topological polar surface area (TPSA) is 79.4 Å². The lowest BCUT2D eigenvalue weighted by Gasteiger charge is -2.48. The van der Waals surface area contributed by atoms with E-state index in [1.54, 1.807) is 20.3 Å². The number of para-hydroxylation sites is 2. The maximum Gasteiger partial charge on any atom is 0.333 e. The van der Waals surface area contributed by atoms with Crippen LogP contribution in [0.25, 0.3) is 6.08 Å². The van der Waals surface area contributed by atoms with Gasteiger partial charge in [-0.1, -0.05) is 50.2 Å². The average Bonchev–Trinajstić information content (AvgIpc) is 3.35. The minimum Gasteiger partial charge on any atom is -0.345 e. The number of methoxy groups -OCH3 is 2. The third-order valence-electron chi connectivity index (χ3n) is 7.90. The van der Waals surface area contributed by atoms with Gasteiger partial charge >= 0.3 is 6.03 Å². The molecule has 0 bridgehead atoms. The molecule has 38 heavy (non-hydrogen) atoms. The van der Waals surface area contributed by atoms with E-state index in [0.29, 0.717) is 4.88 Å². The Morgan fingerprint density at radius 1 is 0.816 bits per heavy atom. The van der Waals surface area contributed by atoms with Gasteiger partial charge in [0.1, 0.15) is 10.6 Å². The number of thiophene rings is 1. The molecule has 0 radical (unpaired) electrons. The van der Waals surface area contributed by atoms with Gasteiger partial charge < -0.3 is 14.4 Å². The summed E-state index contributed by atoms with van der Waals surface area (Å²) in [6, 6.07) is 15.8. The number of rotatable bonds is 3. The number of hydrogen-bond donors (Lipinski definition) is 0. The van der Waals surface area contributed by atoms with E-state index < -0.39 is 23.6 Å². The average molecular weight is 530 g/mol. The first-order chi connectivity index (χ1) is 18.1. The molecule has 1 aromatic heterocycles. The number of urea groups is 1. The van der Waals surface area contributed by atoms with Crippen LogP contribution in [0.4, 0.5) is 21.2 Å². The van der Waals surface area contributed by atoms with Crippen molar-refractivity contribution in [1.29, 1.82) is 0 Å². The Kier molecular flexibility index (Phi) is 5.23. The second-order valence-electron chi connectivity index (χ2n) is 10.1. The van der Waals surface area contributed by atoms with Crippen LogP contribution in [-0.2, 0) is 30.3 Å². The van der Waals surface area contributed by atoms with Crippen molar-refractivity contribution >= 4 is 51.6 Å². The molecule has 9 heteroatoms. The lowest BCUT2D eigenvalue weighted by Crippen LogP contribution is -2.52. The van der Waals surface area contributed by atoms with Gasteiger partial charge in [0.2, 0.25) is 5.79 Å². The molecule has 4 amide bonds. The molecule has 4 heterocycles. The predicted octanol–water partition coefficient (Wildman–Crippen LogP) is 5.10. The third kappa shape index (κ3) is 2.95. The second-order valence-corrected chi connectivity index (χ2v) is 11.2. The molecule has 8 nitrogen and oxygen atoms in total. The van der Waals surface area contributed by atoms with Crippen LogP contribution in [0.2, 0.25) is 0 Å². The zero-order valence-corrected chi connectivity index (χ0v) is 22.8. The maximum atomic E-state index is 12.9. The number of carbonyl (C=O) groups excluding carboxylic acids is 3. The summed E-state index contributed by atoms with van der Waals surface area (Å²) < 4.78 is 12.3. The molecule has 0 aliphatic carbocycles. The normalized spacial score (nSPS) is 18.8. The van der Waals surface area contributed by atoms with Crippen molar-refractivity contribution in [2.45, 2.75) is 25.0 Å². The Bertz CT molecular complexity index is 1560. The number of nitrogens with zero attached hydrogens (tertiary/aromatic N) is 3. The van der Waals surface area contributed by atoms with Crippen molar-refractivity contribution in [2.24, 2.45) is 0 Å². The smallest absolute Gasteiger partial charge is 0.333 e. The number of imide groups is 2.